The van der Waals surface area contributed by atoms with Gasteiger partial charge in [-0.05, 0) is 63.1 Å². The van der Waals surface area contributed by atoms with Crippen molar-refractivity contribution in [1.29, 1.82) is 0 Å². The maximum Gasteiger partial charge on any atom is 0.339 e. The molecule has 0 saturated heterocycles. The number of rotatable bonds is 4. The Morgan fingerprint density at radius 3 is 2.61 bits per heavy atom. The highest BCUT2D eigenvalue weighted by Gasteiger charge is 2.39. The van der Waals surface area contributed by atoms with Gasteiger partial charge >= 0.3 is 5.97 Å². The molecule has 3 aromatic rings. The van der Waals surface area contributed by atoms with Crippen molar-refractivity contribution in [2.75, 3.05) is 0 Å². The zero-order valence-electron chi connectivity index (χ0n) is 16.1. The summed E-state index contributed by atoms with van der Waals surface area (Å²) in [6, 6.07) is 18.3. The Bertz CT molecular complexity index is 1100. The third-order valence-electron chi connectivity index (χ3n) is 5.61. The number of hydrogen-bond acceptors (Lipinski definition) is 2. The first-order valence-corrected chi connectivity index (χ1v) is 10.8. The number of carbonyl (C=O) groups excluding carboxylic acids is 1. The minimum atomic E-state index is -0.915. The third kappa shape index (κ3) is 3.25. The summed E-state index contributed by atoms with van der Waals surface area (Å²) in [5, 5.41) is 3.49. The molecule has 3 heteroatoms. The third-order valence-corrected chi connectivity index (χ3v) is 7.65. The lowest BCUT2D eigenvalue weighted by atomic mass is 9.85. The van der Waals surface area contributed by atoms with Gasteiger partial charge in [-0.15, -0.1) is 6.42 Å². The van der Waals surface area contributed by atoms with Crippen molar-refractivity contribution in [3.63, 3.8) is 0 Å². The van der Waals surface area contributed by atoms with Gasteiger partial charge in [0.2, 0.25) is 0 Å². The molecule has 1 heterocycles. The van der Waals surface area contributed by atoms with Gasteiger partial charge in [0.25, 0.3) is 0 Å². The Morgan fingerprint density at radius 2 is 1.93 bits per heavy atom. The molecule has 1 aromatic heterocycles. The largest absolute Gasteiger partial charge is 0.442 e. The van der Waals surface area contributed by atoms with Crippen molar-refractivity contribution in [2.24, 2.45) is 5.92 Å². The van der Waals surface area contributed by atoms with E-state index in [-0.39, 0.29) is 22.4 Å². The topological polar surface area (TPSA) is 26.3 Å². The molecule has 0 amide bonds. The molecule has 1 aliphatic rings. The molecule has 0 radical (unpaired) electrons. The van der Waals surface area contributed by atoms with Crippen LogP contribution in [0.5, 0.6) is 0 Å². The number of esters is 1. The molecule has 2 aromatic carbocycles. The molecule has 28 heavy (non-hydrogen) atoms. The maximum atomic E-state index is 12.8. The fourth-order valence-corrected chi connectivity index (χ4v) is 5.87. The smallest absolute Gasteiger partial charge is 0.339 e. The van der Waals surface area contributed by atoms with Gasteiger partial charge in [0.1, 0.15) is 5.38 Å². The fraction of sp³-hybridized carbons (Fsp3) is 0.240. The van der Waals surface area contributed by atoms with Crippen LogP contribution in [0.3, 0.4) is 0 Å². The lowest BCUT2D eigenvalue weighted by molar-refractivity contribution is -0.00235. The number of fused-ring (bicyclic) bond motifs is 1. The van der Waals surface area contributed by atoms with Gasteiger partial charge < -0.3 is 4.74 Å². The van der Waals surface area contributed by atoms with Crippen LogP contribution in [0.1, 0.15) is 37.0 Å². The van der Waals surface area contributed by atoms with Crippen LogP contribution < -0.4 is 0 Å². The molecule has 0 N–H and O–H groups in total. The van der Waals surface area contributed by atoms with E-state index in [2.05, 4.69) is 54.6 Å². The van der Waals surface area contributed by atoms with Crippen LogP contribution in [-0.4, -0.2) is 11.6 Å². The van der Waals surface area contributed by atoms with E-state index in [1.165, 1.54) is 20.6 Å². The van der Waals surface area contributed by atoms with Gasteiger partial charge in [0.15, 0.2) is 15.2 Å². The molecule has 2 nitrogen and oxygen atoms in total. The number of allylic oxidation sites excluding steroid dienone is 1. The molecule has 0 aliphatic heterocycles. The number of terminal acetylenes is 1. The minimum Gasteiger partial charge on any atom is -0.442 e. The molecule has 3 unspecified atom stereocenters. The van der Waals surface area contributed by atoms with Crippen LogP contribution in [0.4, 0.5) is 0 Å². The molecular weight excluding hydrogens is 364 g/mol. The summed E-state index contributed by atoms with van der Waals surface area (Å²) in [5.41, 5.74) is 0.822. The van der Waals surface area contributed by atoms with Gasteiger partial charge in [-0.2, -0.15) is 0 Å². The zero-order chi connectivity index (χ0) is 19.7. The number of hydrogen-bond donors (Lipinski definition) is 0. The van der Waals surface area contributed by atoms with E-state index in [1.807, 2.05) is 31.2 Å². The first-order valence-electron chi connectivity index (χ1n) is 9.50. The number of ether oxygens (including phenoxy) is 1. The van der Waals surface area contributed by atoms with E-state index in [4.69, 9.17) is 11.2 Å². The van der Waals surface area contributed by atoms with E-state index in [1.54, 1.807) is 0 Å². The summed E-state index contributed by atoms with van der Waals surface area (Å²) in [7, 11) is -0.0869. The Labute approximate surface area is 168 Å². The van der Waals surface area contributed by atoms with Crippen molar-refractivity contribution in [3.8, 4) is 17.2 Å². The van der Waals surface area contributed by atoms with Crippen molar-refractivity contribution >= 4 is 26.5 Å². The van der Waals surface area contributed by atoms with Gasteiger partial charge in [0, 0.05) is 27.8 Å². The average molecular weight is 388 g/mol. The summed E-state index contributed by atoms with van der Waals surface area (Å²) >= 11 is 0. The fourth-order valence-electron chi connectivity index (χ4n) is 3.99. The molecule has 4 rings (SSSR count). The Hall–Kier alpha value is -2.83. The molecule has 1 aliphatic carbocycles. The zero-order valence-corrected chi connectivity index (χ0v) is 17.0. The predicted octanol–water partition coefficient (Wildman–Crippen LogP) is 6.48. The second kappa shape index (κ2) is 7.30. The molecular formula is C25H23O2S+. The van der Waals surface area contributed by atoms with E-state index in [0.717, 1.165) is 12.8 Å². The maximum absolute atomic E-state index is 12.8. The van der Waals surface area contributed by atoms with E-state index in [0.29, 0.717) is 5.56 Å². The Kier molecular flexibility index (Phi) is 4.83. The van der Waals surface area contributed by atoms with Gasteiger partial charge in [-0.3, -0.25) is 0 Å². The van der Waals surface area contributed by atoms with E-state index >= 15 is 0 Å². The lowest BCUT2D eigenvalue weighted by Crippen LogP contribution is -2.38. The molecule has 0 spiro atoms. The van der Waals surface area contributed by atoms with Gasteiger partial charge in [0.05, 0.1) is 5.56 Å². The molecule has 140 valence electrons. The number of thiophene rings is 1. The van der Waals surface area contributed by atoms with E-state index < -0.39 is 5.60 Å². The second-order valence-electron chi connectivity index (χ2n) is 7.42. The molecule has 0 bridgehead atoms. The predicted molar refractivity (Wildman–Crippen MR) is 117 cm³/mol. The molecule has 0 saturated carbocycles. The van der Waals surface area contributed by atoms with E-state index in [9.17, 15) is 4.79 Å². The molecule has 3 atom stereocenters. The van der Waals surface area contributed by atoms with Crippen LogP contribution in [0.25, 0.3) is 15.0 Å². The minimum absolute atomic E-state index is 0.0855. The van der Waals surface area contributed by atoms with Crippen molar-refractivity contribution in [1.82, 2.24) is 0 Å². The first kappa shape index (κ1) is 18.5. The number of benzene rings is 2. The van der Waals surface area contributed by atoms with Crippen LogP contribution in [0, 0.1) is 18.3 Å². The highest BCUT2D eigenvalue weighted by molar-refractivity contribution is 7.43. The first-order chi connectivity index (χ1) is 13.5. The summed E-state index contributed by atoms with van der Waals surface area (Å²) in [6.45, 7) is 3.90. The van der Waals surface area contributed by atoms with Crippen LogP contribution in [0.2, 0.25) is 0 Å². The number of carbonyl (C=O) groups is 1. The SMILES string of the molecule is C#CC(C)(OC(=O)c1ccc(-[s+]2ccc3ccccc32)cc1)C1CCC=C1C. The molecule has 0 fully saturated rings. The van der Waals surface area contributed by atoms with Crippen molar-refractivity contribution < 1.29 is 9.53 Å². The highest BCUT2D eigenvalue weighted by atomic mass is 32.2. The Balaban J connectivity index is 1.56. The summed E-state index contributed by atoms with van der Waals surface area (Å²) in [4.78, 5) is 14.0. The van der Waals surface area contributed by atoms with Crippen molar-refractivity contribution in [3.05, 3.63) is 77.2 Å². The van der Waals surface area contributed by atoms with Gasteiger partial charge in [-0.1, -0.05) is 29.7 Å². The summed E-state index contributed by atoms with van der Waals surface area (Å²) in [6.07, 6.45) is 9.85. The van der Waals surface area contributed by atoms with Crippen LogP contribution in [0.15, 0.2) is 71.6 Å². The normalized spacial score (nSPS) is 19.0. The lowest BCUT2D eigenvalue weighted by Gasteiger charge is -2.31. The highest BCUT2D eigenvalue weighted by Crippen LogP contribution is 2.40. The summed E-state index contributed by atoms with van der Waals surface area (Å²) in [5.74, 6) is 2.45. The monoisotopic (exact) mass is 387 g/mol. The van der Waals surface area contributed by atoms with Crippen LogP contribution >= 0.6 is 10.5 Å². The quantitative estimate of drug-likeness (QED) is 0.221. The average Bonchev–Trinajstić information content (AvgIpc) is 3.34. The van der Waals surface area contributed by atoms with Crippen LogP contribution in [-0.2, 0) is 4.74 Å². The standard InChI is InChI=1S/C25H23O2S/c1-4-25(3,22-10-7-8-18(22)2)27-24(26)20-12-14-21(15-13-20)28-17-16-19-9-5-6-11-23(19)28/h1,5-6,8-9,11-17,22H,7,10H2,2-3H3/q+1. The second-order valence-corrected chi connectivity index (χ2v) is 9.28. The van der Waals surface area contributed by atoms with Crippen molar-refractivity contribution in [2.45, 2.75) is 32.3 Å². The van der Waals surface area contributed by atoms with Gasteiger partial charge in [-0.25, -0.2) is 4.79 Å². The summed E-state index contributed by atoms with van der Waals surface area (Å²) < 4.78 is 7.14. The Morgan fingerprint density at radius 1 is 1.18 bits per heavy atom.